The number of anilines is 2. The Morgan fingerprint density at radius 3 is 2.80 bits per heavy atom. The second kappa shape index (κ2) is 7.52. The number of aryl methyl sites for hydroxylation is 1. The van der Waals surface area contributed by atoms with Crippen LogP contribution in [-0.2, 0) is 0 Å². The number of rotatable bonds is 3. The summed E-state index contributed by atoms with van der Waals surface area (Å²) in [5, 5.41) is 5.55. The molecule has 0 atom stereocenters. The van der Waals surface area contributed by atoms with Crippen LogP contribution in [0.15, 0.2) is 29.6 Å². The molecule has 1 aromatic carbocycles. The molecule has 1 aromatic heterocycles. The molecule has 7 nitrogen and oxygen atoms in total. The molecular weight excluding hydrogens is 338 g/mol. The monoisotopic (exact) mass is 359 g/mol. The molecule has 1 aliphatic heterocycles. The van der Waals surface area contributed by atoms with Crippen molar-refractivity contribution in [3.8, 4) is 0 Å². The van der Waals surface area contributed by atoms with Gasteiger partial charge in [-0.05, 0) is 31.5 Å². The van der Waals surface area contributed by atoms with Crippen LogP contribution in [0.1, 0.15) is 22.5 Å². The lowest BCUT2D eigenvalue weighted by molar-refractivity contribution is 0.0767. The predicted molar refractivity (Wildman–Crippen MR) is 99.2 cm³/mol. The van der Waals surface area contributed by atoms with Gasteiger partial charge < -0.3 is 20.9 Å². The Labute approximate surface area is 150 Å². The minimum Gasteiger partial charge on any atom is -0.351 e. The topological polar surface area (TPSA) is 91.6 Å². The molecule has 0 aliphatic carbocycles. The number of carbonyl (C=O) groups excluding carboxylic acids is 2. The maximum absolute atomic E-state index is 12.8. The molecule has 1 fully saturated rings. The Balaban J connectivity index is 1.68. The molecule has 3 amide bonds. The molecule has 2 aromatic rings. The van der Waals surface area contributed by atoms with Crippen molar-refractivity contribution < 1.29 is 9.59 Å². The van der Waals surface area contributed by atoms with E-state index in [1.807, 2.05) is 17.2 Å². The summed E-state index contributed by atoms with van der Waals surface area (Å²) in [6.07, 6.45) is 0.892. The zero-order valence-corrected chi connectivity index (χ0v) is 14.9. The predicted octanol–water partition coefficient (Wildman–Crippen LogP) is 2.29. The number of aromatic nitrogens is 1. The highest BCUT2D eigenvalue weighted by atomic mass is 32.1. The Morgan fingerprint density at radius 2 is 2.08 bits per heavy atom. The van der Waals surface area contributed by atoms with Gasteiger partial charge in [-0.2, -0.15) is 0 Å². The fraction of sp³-hybridized carbons (Fsp3) is 0.353. The average Bonchev–Trinajstić information content (AvgIpc) is 2.87. The van der Waals surface area contributed by atoms with Gasteiger partial charge in [0.2, 0.25) is 0 Å². The molecule has 0 unspecified atom stereocenters. The van der Waals surface area contributed by atoms with Crippen molar-refractivity contribution in [1.82, 2.24) is 9.88 Å². The number of carbonyl (C=O) groups is 2. The highest BCUT2D eigenvalue weighted by Crippen LogP contribution is 2.22. The molecule has 1 aliphatic rings. The number of benzene rings is 1. The lowest BCUT2D eigenvalue weighted by Crippen LogP contribution is -2.35. The second-order valence-electron chi connectivity index (χ2n) is 5.97. The van der Waals surface area contributed by atoms with Crippen LogP contribution in [0.3, 0.4) is 0 Å². The van der Waals surface area contributed by atoms with Gasteiger partial charge in [0.25, 0.3) is 5.91 Å². The van der Waals surface area contributed by atoms with E-state index in [9.17, 15) is 9.59 Å². The first kappa shape index (κ1) is 17.2. The summed E-state index contributed by atoms with van der Waals surface area (Å²) in [5.41, 5.74) is 7.22. The number of thiazole rings is 1. The Morgan fingerprint density at radius 1 is 1.24 bits per heavy atom. The maximum Gasteiger partial charge on any atom is 0.316 e. The summed E-state index contributed by atoms with van der Waals surface area (Å²) in [7, 11) is 0. The molecule has 25 heavy (non-hydrogen) atoms. The fourth-order valence-electron chi connectivity index (χ4n) is 2.85. The standard InChI is InChI=1S/C17H21N5O2S/c1-12-11-25-17(19-12)22-7-3-6-21(8-9-22)15(23)13-4-2-5-14(10-13)20-16(18)24/h2,4-5,10-11H,3,6-9H2,1H3,(H3,18,20,24). The van der Waals surface area contributed by atoms with Crippen LogP contribution < -0.4 is 16.0 Å². The van der Waals surface area contributed by atoms with E-state index in [0.29, 0.717) is 24.3 Å². The van der Waals surface area contributed by atoms with E-state index in [4.69, 9.17) is 5.73 Å². The molecular formula is C17H21N5O2S. The highest BCUT2D eigenvalue weighted by molar-refractivity contribution is 7.13. The van der Waals surface area contributed by atoms with Gasteiger partial charge in [0, 0.05) is 42.8 Å². The Hall–Kier alpha value is -2.61. The molecule has 0 spiro atoms. The normalized spacial score (nSPS) is 14.9. The average molecular weight is 359 g/mol. The number of primary amides is 1. The Kier molecular flexibility index (Phi) is 5.18. The number of hydrogen-bond donors (Lipinski definition) is 2. The van der Waals surface area contributed by atoms with E-state index in [-0.39, 0.29) is 5.91 Å². The first-order valence-electron chi connectivity index (χ1n) is 8.16. The van der Waals surface area contributed by atoms with Crippen LogP contribution in [-0.4, -0.2) is 48.0 Å². The third kappa shape index (κ3) is 4.27. The van der Waals surface area contributed by atoms with Crippen LogP contribution in [0.2, 0.25) is 0 Å². The molecule has 0 saturated carbocycles. The van der Waals surface area contributed by atoms with Gasteiger partial charge in [-0.3, -0.25) is 4.79 Å². The van der Waals surface area contributed by atoms with E-state index in [2.05, 4.69) is 15.2 Å². The van der Waals surface area contributed by atoms with Crippen molar-refractivity contribution in [3.05, 3.63) is 40.9 Å². The molecule has 3 rings (SSSR count). The number of nitrogens with one attached hydrogen (secondary N) is 1. The van der Waals surface area contributed by atoms with Crippen molar-refractivity contribution in [3.63, 3.8) is 0 Å². The summed E-state index contributed by atoms with van der Waals surface area (Å²) in [6.45, 7) is 4.98. The number of urea groups is 1. The minimum atomic E-state index is -0.645. The Bertz CT molecular complexity index is 776. The fourth-order valence-corrected chi connectivity index (χ4v) is 3.71. The van der Waals surface area contributed by atoms with E-state index < -0.39 is 6.03 Å². The minimum absolute atomic E-state index is 0.0368. The van der Waals surface area contributed by atoms with Crippen molar-refractivity contribution in [2.75, 3.05) is 36.4 Å². The van der Waals surface area contributed by atoms with E-state index in [1.165, 1.54) is 0 Å². The third-order valence-corrected chi connectivity index (χ3v) is 5.06. The van der Waals surface area contributed by atoms with Crippen LogP contribution in [0.4, 0.5) is 15.6 Å². The molecule has 0 bridgehead atoms. The number of nitrogens with zero attached hydrogens (tertiary/aromatic N) is 3. The summed E-state index contributed by atoms with van der Waals surface area (Å²) >= 11 is 1.64. The van der Waals surface area contributed by atoms with Gasteiger partial charge in [-0.15, -0.1) is 11.3 Å². The van der Waals surface area contributed by atoms with E-state index in [1.54, 1.807) is 35.6 Å². The van der Waals surface area contributed by atoms with Gasteiger partial charge in [0.05, 0.1) is 5.69 Å². The number of hydrogen-bond acceptors (Lipinski definition) is 5. The lowest BCUT2D eigenvalue weighted by atomic mass is 10.1. The summed E-state index contributed by atoms with van der Waals surface area (Å²) in [4.78, 5) is 32.4. The van der Waals surface area contributed by atoms with Crippen LogP contribution in [0.25, 0.3) is 0 Å². The molecule has 1 saturated heterocycles. The molecule has 3 N–H and O–H groups in total. The van der Waals surface area contributed by atoms with Gasteiger partial charge in [0.1, 0.15) is 0 Å². The second-order valence-corrected chi connectivity index (χ2v) is 6.81. The zero-order chi connectivity index (χ0) is 17.8. The molecule has 0 radical (unpaired) electrons. The smallest absolute Gasteiger partial charge is 0.316 e. The summed E-state index contributed by atoms with van der Waals surface area (Å²) in [6, 6.07) is 6.20. The van der Waals surface area contributed by atoms with Crippen molar-refractivity contribution in [1.29, 1.82) is 0 Å². The number of amides is 3. The van der Waals surface area contributed by atoms with Crippen molar-refractivity contribution in [2.45, 2.75) is 13.3 Å². The molecule has 8 heteroatoms. The lowest BCUT2D eigenvalue weighted by Gasteiger charge is -2.22. The van der Waals surface area contributed by atoms with Gasteiger partial charge in [0.15, 0.2) is 5.13 Å². The molecule has 2 heterocycles. The van der Waals surface area contributed by atoms with Crippen LogP contribution in [0, 0.1) is 6.92 Å². The zero-order valence-electron chi connectivity index (χ0n) is 14.1. The maximum atomic E-state index is 12.8. The summed E-state index contributed by atoms with van der Waals surface area (Å²) in [5.74, 6) is -0.0368. The van der Waals surface area contributed by atoms with Crippen molar-refractivity contribution in [2.24, 2.45) is 5.73 Å². The van der Waals surface area contributed by atoms with Gasteiger partial charge in [-0.25, -0.2) is 9.78 Å². The van der Waals surface area contributed by atoms with Gasteiger partial charge in [-0.1, -0.05) is 6.07 Å². The van der Waals surface area contributed by atoms with Crippen molar-refractivity contribution >= 4 is 34.1 Å². The van der Waals surface area contributed by atoms with E-state index >= 15 is 0 Å². The first-order chi connectivity index (χ1) is 12.0. The molecule has 132 valence electrons. The quantitative estimate of drug-likeness (QED) is 0.879. The third-order valence-electron chi connectivity index (χ3n) is 4.04. The largest absolute Gasteiger partial charge is 0.351 e. The highest BCUT2D eigenvalue weighted by Gasteiger charge is 2.21. The number of nitrogens with two attached hydrogens (primary N) is 1. The van der Waals surface area contributed by atoms with E-state index in [0.717, 1.165) is 30.3 Å². The van der Waals surface area contributed by atoms with Gasteiger partial charge >= 0.3 is 6.03 Å². The van der Waals surface area contributed by atoms with Crippen LogP contribution in [0.5, 0.6) is 0 Å². The van der Waals surface area contributed by atoms with Crippen LogP contribution >= 0.6 is 11.3 Å². The summed E-state index contributed by atoms with van der Waals surface area (Å²) < 4.78 is 0. The first-order valence-corrected chi connectivity index (χ1v) is 9.04. The SMILES string of the molecule is Cc1csc(N2CCCN(C(=O)c3cccc(NC(N)=O)c3)CC2)n1.